The van der Waals surface area contributed by atoms with E-state index in [0.29, 0.717) is 12.2 Å². The number of para-hydroxylation sites is 1. The molecule has 3 rings (SSSR count). The van der Waals surface area contributed by atoms with Gasteiger partial charge in [0.1, 0.15) is 5.75 Å². The van der Waals surface area contributed by atoms with Crippen LogP contribution in [-0.2, 0) is 6.54 Å². The number of nitrogens with zero attached hydrogens (tertiary/aromatic N) is 3. The third-order valence-electron chi connectivity index (χ3n) is 4.66. The standard InChI is InChI=1S/C23H28N4O2S/c1-4-27-21(20(17(2)3)24-22(28)18-11-7-5-8-12-18)25-26-23(27)30-16-15-29-19-13-9-6-10-14-19/h5-14,17,20H,4,15-16H2,1-3H3,(H,24,28). The van der Waals surface area contributed by atoms with E-state index in [0.717, 1.165) is 29.0 Å². The Hall–Kier alpha value is -2.80. The van der Waals surface area contributed by atoms with Gasteiger partial charge in [0.15, 0.2) is 11.0 Å². The minimum atomic E-state index is -0.222. The Bertz CT molecular complexity index is 929. The minimum Gasteiger partial charge on any atom is -0.493 e. The van der Waals surface area contributed by atoms with Crippen LogP contribution in [0.15, 0.2) is 65.8 Å². The lowest BCUT2D eigenvalue weighted by Gasteiger charge is -2.22. The highest BCUT2D eigenvalue weighted by atomic mass is 32.2. The summed E-state index contributed by atoms with van der Waals surface area (Å²) < 4.78 is 7.83. The van der Waals surface area contributed by atoms with E-state index in [1.165, 1.54) is 0 Å². The first kappa shape index (κ1) is 21.9. The van der Waals surface area contributed by atoms with Gasteiger partial charge in [-0.15, -0.1) is 10.2 Å². The van der Waals surface area contributed by atoms with Crippen LogP contribution in [0.1, 0.15) is 43.0 Å². The van der Waals surface area contributed by atoms with Gasteiger partial charge in [0, 0.05) is 17.9 Å². The van der Waals surface area contributed by atoms with E-state index in [2.05, 4.69) is 40.9 Å². The van der Waals surface area contributed by atoms with Crippen molar-refractivity contribution >= 4 is 17.7 Å². The first-order valence-corrected chi connectivity index (χ1v) is 11.2. The Morgan fingerprint density at radius 1 is 1.07 bits per heavy atom. The van der Waals surface area contributed by atoms with Crippen LogP contribution in [0.3, 0.4) is 0 Å². The normalized spacial score (nSPS) is 12.0. The van der Waals surface area contributed by atoms with E-state index < -0.39 is 0 Å². The summed E-state index contributed by atoms with van der Waals surface area (Å²) in [5, 5.41) is 12.8. The molecule has 1 N–H and O–H groups in total. The Kier molecular flexibility index (Phi) is 7.90. The summed E-state index contributed by atoms with van der Waals surface area (Å²) >= 11 is 1.61. The molecule has 0 aliphatic heterocycles. The molecule has 0 saturated carbocycles. The van der Waals surface area contributed by atoms with Gasteiger partial charge >= 0.3 is 0 Å². The minimum absolute atomic E-state index is 0.106. The zero-order valence-corrected chi connectivity index (χ0v) is 18.4. The number of nitrogens with one attached hydrogen (secondary N) is 1. The van der Waals surface area contributed by atoms with Crippen molar-refractivity contribution in [3.63, 3.8) is 0 Å². The van der Waals surface area contributed by atoms with Crippen LogP contribution in [0, 0.1) is 5.92 Å². The van der Waals surface area contributed by atoms with E-state index in [1.807, 2.05) is 60.7 Å². The van der Waals surface area contributed by atoms with E-state index in [-0.39, 0.29) is 17.9 Å². The highest BCUT2D eigenvalue weighted by Gasteiger charge is 2.25. The molecule has 0 saturated heterocycles. The van der Waals surface area contributed by atoms with Crippen molar-refractivity contribution in [1.29, 1.82) is 0 Å². The van der Waals surface area contributed by atoms with Crippen molar-refractivity contribution < 1.29 is 9.53 Å². The van der Waals surface area contributed by atoms with Crippen molar-refractivity contribution in [3.8, 4) is 5.75 Å². The van der Waals surface area contributed by atoms with Gasteiger partial charge in [-0.3, -0.25) is 4.79 Å². The molecule has 30 heavy (non-hydrogen) atoms. The van der Waals surface area contributed by atoms with E-state index in [1.54, 1.807) is 11.8 Å². The van der Waals surface area contributed by atoms with Crippen molar-refractivity contribution in [2.75, 3.05) is 12.4 Å². The number of aromatic nitrogens is 3. The van der Waals surface area contributed by atoms with Crippen molar-refractivity contribution in [3.05, 3.63) is 72.1 Å². The molecule has 1 atom stereocenters. The fourth-order valence-corrected chi connectivity index (χ4v) is 3.91. The van der Waals surface area contributed by atoms with Crippen LogP contribution >= 0.6 is 11.8 Å². The molecule has 158 valence electrons. The van der Waals surface area contributed by atoms with Crippen molar-refractivity contribution in [2.24, 2.45) is 5.92 Å². The summed E-state index contributed by atoms with van der Waals surface area (Å²) in [5.41, 5.74) is 0.637. The number of hydrogen-bond acceptors (Lipinski definition) is 5. The van der Waals surface area contributed by atoms with E-state index in [9.17, 15) is 4.79 Å². The third kappa shape index (κ3) is 5.63. The Balaban J connectivity index is 1.66. The van der Waals surface area contributed by atoms with Gasteiger partial charge in [0.05, 0.1) is 12.6 Å². The van der Waals surface area contributed by atoms with Gasteiger partial charge in [-0.25, -0.2) is 0 Å². The molecule has 1 aromatic heterocycles. The molecule has 1 amide bonds. The van der Waals surface area contributed by atoms with Crippen LogP contribution in [-0.4, -0.2) is 33.0 Å². The Morgan fingerprint density at radius 2 is 1.73 bits per heavy atom. The lowest BCUT2D eigenvalue weighted by Crippen LogP contribution is -2.33. The molecule has 0 radical (unpaired) electrons. The quantitative estimate of drug-likeness (QED) is 0.381. The van der Waals surface area contributed by atoms with Gasteiger partial charge in [0.25, 0.3) is 5.91 Å². The average molecular weight is 425 g/mol. The highest BCUT2D eigenvalue weighted by Crippen LogP contribution is 2.25. The Morgan fingerprint density at radius 3 is 2.37 bits per heavy atom. The molecular formula is C23H28N4O2S. The summed E-state index contributed by atoms with van der Waals surface area (Å²) in [6, 6.07) is 18.8. The smallest absolute Gasteiger partial charge is 0.251 e. The molecule has 3 aromatic rings. The number of ether oxygens (including phenoxy) is 1. The highest BCUT2D eigenvalue weighted by molar-refractivity contribution is 7.99. The molecular weight excluding hydrogens is 396 g/mol. The molecule has 1 heterocycles. The number of rotatable bonds is 10. The molecule has 0 fully saturated rings. The predicted octanol–water partition coefficient (Wildman–Crippen LogP) is 4.60. The number of benzene rings is 2. The number of carbonyl (C=O) groups excluding carboxylic acids is 1. The summed E-state index contributed by atoms with van der Waals surface area (Å²) in [6.45, 7) is 7.53. The third-order valence-corrected chi connectivity index (χ3v) is 5.59. The molecule has 0 spiro atoms. The fourth-order valence-electron chi connectivity index (χ4n) is 3.09. The zero-order valence-electron chi connectivity index (χ0n) is 17.6. The van der Waals surface area contributed by atoms with Gasteiger partial charge in [-0.05, 0) is 37.1 Å². The van der Waals surface area contributed by atoms with Crippen LogP contribution in [0.5, 0.6) is 5.75 Å². The lowest BCUT2D eigenvalue weighted by molar-refractivity contribution is 0.0922. The maximum absolute atomic E-state index is 12.7. The van der Waals surface area contributed by atoms with Gasteiger partial charge in [0.2, 0.25) is 0 Å². The van der Waals surface area contributed by atoms with Crippen LogP contribution < -0.4 is 10.1 Å². The van der Waals surface area contributed by atoms with E-state index >= 15 is 0 Å². The topological polar surface area (TPSA) is 69.0 Å². The maximum atomic E-state index is 12.7. The fraction of sp³-hybridized carbons (Fsp3) is 0.348. The first-order chi connectivity index (χ1) is 14.6. The summed E-state index contributed by atoms with van der Waals surface area (Å²) in [7, 11) is 0. The molecule has 0 aliphatic rings. The number of hydrogen-bond donors (Lipinski definition) is 1. The maximum Gasteiger partial charge on any atom is 0.251 e. The number of thioether (sulfide) groups is 1. The largest absolute Gasteiger partial charge is 0.493 e. The summed E-state index contributed by atoms with van der Waals surface area (Å²) in [5.74, 6) is 2.47. The van der Waals surface area contributed by atoms with Crippen LogP contribution in [0.4, 0.5) is 0 Å². The molecule has 2 aromatic carbocycles. The van der Waals surface area contributed by atoms with E-state index in [4.69, 9.17) is 4.74 Å². The second-order valence-electron chi connectivity index (χ2n) is 7.16. The first-order valence-electron chi connectivity index (χ1n) is 10.2. The lowest BCUT2D eigenvalue weighted by atomic mass is 10.0. The predicted molar refractivity (Wildman–Crippen MR) is 120 cm³/mol. The molecule has 7 heteroatoms. The monoisotopic (exact) mass is 424 g/mol. The molecule has 0 aliphatic carbocycles. The molecule has 6 nitrogen and oxygen atoms in total. The Labute approximate surface area is 182 Å². The summed E-state index contributed by atoms with van der Waals surface area (Å²) in [6.07, 6.45) is 0. The second kappa shape index (κ2) is 10.8. The van der Waals surface area contributed by atoms with Gasteiger partial charge in [-0.1, -0.05) is 62.0 Å². The van der Waals surface area contributed by atoms with Crippen molar-refractivity contribution in [1.82, 2.24) is 20.1 Å². The molecule has 1 unspecified atom stereocenters. The average Bonchev–Trinajstić information content (AvgIpc) is 3.18. The van der Waals surface area contributed by atoms with Crippen LogP contribution in [0.2, 0.25) is 0 Å². The SMILES string of the molecule is CCn1c(SCCOc2ccccc2)nnc1C(NC(=O)c1ccccc1)C(C)C. The van der Waals surface area contributed by atoms with Gasteiger partial charge in [-0.2, -0.15) is 0 Å². The molecule has 0 bridgehead atoms. The zero-order chi connectivity index (χ0) is 21.3. The van der Waals surface area contributed by atoms with Crippen LogP contribution in [0.25, 0.3) is 0 Å². The van der Waals surface area contributed by atoms with Crippen molar-refractivity contribution in [2.45, 2.75) is 38.5 Å². The number of amides is 1. The number of carbonyl (C=O) groups is 1. The second-order valence-corrected chi connectivity index (χ2v) is 8.22. The van der Waals surface area contributed by atoms with Gasteiger partial charge < -0.3 is 14.6 Å². The summed E-state index contributed by atoms with van der Waals surface area (Å²) in [4.78, 5) is 12.7.